The number of rotatable bonds is 16. The largest absolute Gasteiger partial charge is 0.302 e. The lowest BCUT2D eigenvalue weighted by molar-refractivity contribution is 0.301. The first kappa shape index (κ1) is 24.7. The summed E-state index contributed by atoms with van der Waals surface area (Å²) in [5.74, 6) is 0. The van der Waals surface area contributed by atoms with Gasteiger partial charge >= 0.3 is 0 Å². The molecule has 158 valence electrons. The van der Waals surface area contributed by atoms with Gasteiger partial charge in [-0.3, -0.25) is 0 Å². The van der Waals surface area contributed by atoms with Crippen LogP contribution in [-0.4, -0.2) is 37.0 Å². The predicted molar refractivity (Wildman–Crippen MR) is 124 cm³/mol. The molecular formula is C24H46N2S. The monoisotopic (exact) mass is 394 g/mol. The lowest BCUT2D eigenvalue weighted by Gasteiger charge is -2.21. The molecule has 0 spiro atoms. The Morgan fingerprint density at radius 3 is 1.33 bits per heavy atom. The Morgan fingerprint density at radius 2 is 0.963 bits per heavy atom. The van der Waals surface area contributed by atoms with Gasteiger partial charge in [-0.2, -0.15) is 0 Å². The number of unbranched alkanes of at least 4 members (excludes halogenated alkanes) is 8. The first-order valence-electron chi connectivity index (χ1n) is 11.4. The van der Waals surface area contributed by atoms with Crippen molar-refractivity contribution in [2.75, 3.05) is 27.2 Å². The van der Waals surface area contributed by atoms with E-state index in [-0.39, 0.29) is 0 Å². The van der Waals surface area contributed by atoms with Crippen molar-refractivity contribution in [3.05, 3.63) is 20.9 Å². The molecule has 0 aliphatic heterocycles. The second-order valence-electron chi connectivity index (χ2n) is 8.48. The first-order valence-corrected chi connectivity index (χ1v) is 12.3. The molecule has 0 fully saturated rings. The Hall–Kier alpha value is -0.380. The standard InChI is InChI=1S/C24H46N2S/c1-7-9-11-13-15-17-25(5)19-23-21(3)27-22(4)24(23)20-26(6)18-16-14-12-10-8-2/h7-20H2,1-6H3. The van der Waals surface area contributed by atoms with Crippen LogP contribution in [0.2, 0.25) is 0 Å². The molecule has 0 aromatic carbocycles. The van der Waals surface area contributed by atoms with Gasteiger partial charge in [-0.15, -0.1) is 11.3 Å². The van der Waals surface area contributed by atoms with Crippen LogP contribution in [-0.2, 0) is 13.1 Å². The van der Waals surface area contributed by atoms with Crippen LogP contribution in [0.25, 0.3) is 0 Å². The van der Waals surface area contributed by atoms with Gasteiger partial charge in [0.2, 0.25) is 0 Å². The molecule has 0 aliphatic carbocycles. The van der Waals surface area contributed by atoms with Gasteiger partial charge < -0.3 is 9.80 Å². The summed E-state index contributed by atoms with van der Waals surface area (Å²) < 4.78 is 0. The predicted octanol–water partition coefficient (Wildman–Crippen LogP) is 7.17. The quantitative estimate of drug-likeness (QED) is 0.274. The van der Waals surface area contributed by atoms with E-state index in [1.807, 2.05) is 11.3 Å². The van der Waals surface area contributed by atoms with Crippen molar-refractivity contribution in [3.8, 4) is 0 Å². The fraction of sp³-hybridized carbons (Fsp3) is 0.833. The zero-order valence-corrected chi connectivity index (χ0v) is 20.0. The summed E-state index contributed by atoms with van der Waals surface area (Å²) in [7, 11) is 4.60. The molecule has 0 radical (unpaired) electrons. The van der Waals surface area contributed by atoms with Gasteiger partial charge in [0.25, 0.3) is 0 Å². The van der Waals surface area contributed by atoms with Gasteiger partial charge in [0.1, 0.15) is 0 Å². The van der Waals surface area contributed by atoms with Gasteiger partial charge in [0.15, 0.2) is 0 Å². The third kappa shape index (κ3) is 10.1. The summed E-state index contributed by atoms with van der Waals surface area (Å²) in [5.41, 5.74) is 3.21. The second kappa shape index (κ2) is 14.6. The summed E-state index contributed by atoms with van der Waals surface area (Å²) in [6.07, 6.45) is 13.7. The van der Waals surface area contributed by atoms with E-state index in [1.165, 1.54) is 87.1 Å². The van der Waals surface area contributed by atoms with E-state index in [1.54, 1.807) is 11.1 Å². The Labute approximate surface area is 174 Å². The minimum absolute atomic E-state index is 1.11. The molecule has 1 heterocycles. The van der Waals surface area contributed by atoms with E-state index in [4.69, 9.17) is 0 Å². The third-order valence-electron chi connectivity index (χ3n) is 5.66. The van der Waals surface area contributed by atoms with Gasteiger partial charge in [0.05, 0.1) is 0 Å². The molecule has 0 unspecified atom stereocenters. The Bertz CT molecular complexity index is 452. The lowest BCUT2D eigenvalue weighted by Crippen LogP contribution is -2.23. The van der Waals surface area contributed by atoms with Crippen molar-refractivity contribution in [2.24, 2.45) is 0 Å². The van der Waals surface area contributed by atoms with Crippen molar-refractivity contribution in [1.29, 1.82) is 0 Å². The minimum Gasteiger partial charge on any atom is -0.302 e. The molecule has 0 N–H and O–H groups in total. The Balaban J connectivity index is 2.49. The fourth-order valence-corrected chi connectivity index (χ4v) is 4.94. The summed E-state index contributed by atoms with van der Waals surface area (Å²) in [6.45, 7) is 13.9. The van der Waals surface area contributed by atoms with Crippen LogP contribution in [0.1, 0.15) is 98.9 Å². The van der Waals surface area contributed by atoms with Crippen molar-refractivity contribution in [2.45, 2.75) is 105 Å². The Kier molecular flexibility index (Phi) is 13.3. The lowest BCUT2D eigenvalue weighted by atomic mass is 10.1. The van der Waals surface area contributed by atoms with Crippen LogP contribution < -0.4 is 0 Å². The van der Waals surface area contributed by atoms with E-state index in [0.29, 0.717) is 0 Å². The van der Waals surface area contributed by atoms with Gasteiger partial charge in [0, 0.05) is 22.8 Å². The smallest absolute Gasteiger partial charge is 0.0244 e. The number of thiophene rings is 1. The molecule has 3 heteroatoms. The highest BCUT2D eigenvalue weighted by Gasteiger charge is 2.16. The van der Waals surface area contributed by atoms with E-state index in [9.17, 15) is 0 Å². The maximum atomic E-state index is 2.54. The molecule has 0 saturated carbocycles. The number of nitrogens with zero attached hydrogens (tertiary/aromatic N) is 2. The number of hydrogen-bond acceptors (Lipinski definition) is 3. The van der Waals surface area contributed by atoms with Crippen molar-refractivity contribution < 1.29 is 0 Å². The number of aryl methyl sites for hydroxylation is 2. The highest BCUT2D eigenvalue weighted by atomic mass is 32.1. The molecule has 1 rings (SSSR count). The molecule has 27 heavy (non-hydrogen) atoms. The summed E-state index contributed by atoms with van der Waals surface area (Å²) >= 11 is 2.00. The van der Waals surface area contributed by atoms with Crippen molar-refractivity contribution in [1.82, 2.24) is 9.80 Å². The number of hydrogen-bond donors (Lipinski definition) is 0. The molecule has 0 bridgehead atoms. The van der Waals surface area contributed by atoms with Crippen LogP contribution in [0.5, 0.6) is 0 Å². The van der Waals surface area contributed by atoms with E-state index in [0.717, 1.165) is 13.1 Å². The average Bonchev–Trinajstić information content (AvgIpc) is 2.88. The second-order valence-corrected chi connectivity index (χ2v) is 9.90. The molecule has 0 saturated heterocycles. The van der Waals surface area contributed by atoms with Crippen LogP contribution in [0.4, 0.5) is 0 Å². The summed E-state index contributed by atoms with van der Waals surface area (Å²) in [4.78, 5) is 8.12. The van der Waals surface area contributed by atoms with Crippen LogP contribution >= 0.6 is 11.3 Å². The molecule has 0 atom stereocenters. The fourth-order valence-electron chi connectivity index (χ4n) is 3.86. The van der Waals surface area contributed by atoms with Gasteiger partial charge in [-0.25, -0.2) is 0 Å². The topological polar surface area (TPSA) is 6.48 Å². The van der Waals surface area contributed by atoms with Crippen LogP contribution in [0, 0.1) is 13.8 Å². The van der Waals surface area contributed by atoms with Gasteiger partial charge in [-0.1, -0.05) is 65.2 Å². The maximum absolute atomic E-state index is 2.54. The van der Waals surface area contributed by atoms with Gasteiger partial charge in [-0.05, 0) is 65.0 Å². The van der Waals surface area contributed by atoms with Crippen LogP contribution in [0.3, 0.4) is 0 Å². The molecule has 1 aromatic rings. The van der Waals surface area contributed by atoms with E-state index in [2.05, 4.69) is 51.6 Å². The van der Waals surface area contributed by atoms with Crippen LogP contribution in [0.15, 0.2) is 0 Å². The van der Waals surface area contributed by atoms with Crippen molar-refractivity contribution >= 4 is 11.3 Å². The zero-order chi connectivity index (χ0) is 20.1. The average molecular weight is 395 g/mol. The van der Waals surface area contributed by atoms with E-state index >= 15 is 0 Å². The first-order chi connectivity index (χ1) is 13.0. The van der Waals surface area contributed by atoms with Crippen molar-refractivity contribution in [3.63, 3.8) is 0 Å². The van der Waals surface area contributed by atoms with E-state index < -0.39 is 0 Å². The molecule has 0 aliphatic rings. The molecule has 2 nitrogen and oxygen atoms in total. The maximum Gasteiger partial charge on any atom is 0.0244 e. The molecule has 1 aromatic heterocycles. The molecule has 0 amide bonds. The minimum atomic E-state index is 1.11. The zero-order valence-electron chi connectivity index (χ0n) is 19.2. The summed E-state index contributed by atoms with van der Waals surface area (Å²) in [6, 6.07) is 0. The molecular weight excluding hydrogens is 348 g/mol. The summed E-state index contributed by atoms with van der Waals surface area (Å²) in [5, 5.41) is 0. The highest BCUT2D eigenvalue weighted by molar-refractivity contribution is 7.12. The third-order valence-corrected chi connectivity index (χ3v) is 6.77. The Morgan fingerprint density at radius 1 is 0.593 bits per heavy atom. The highest BCUT2D eigenvalue weighted by Crippen LogP contribution is 2.29. The SMILES string of the molecule is CCCCCCCN(C)Cc1c(C)sc(C)c1CN(C)CCCCCCC. The normalized spacial score (nSPS) is 11.9.